The molecule has 0 bridgehead atoms. The minimum Gasteiger partial charge on any atom is -0.272 e. The number of fused-ring (bicyclic) bond motifs is 1. The average Bonchev–Trinajstić information content (AvgIpc) is 2.17. The van der Waals surface area contributed by atoms with Gasteiger partial charge >= 0.3 is 0 Å². The molecule has 0 spiro atoms. The fourth-order valence-electron chi connectivity index (χ4n) is 1.07. The Morgan fingerprint density at radius 1 is 1.29 bits per heavy atom. The minimum atomic E-state index is -0.634. The smallest absolute Gasteiger partial charge is 0.272 e. The number of rotatable bonds is 1. The van der Waals surface area contributed by atoms with Crippen LogP contribution in [0.5, 0.6) is 0 Å². The highest BCUT2D eigenvalue weighted by Crippen LogP contribution is 2.10. The van der Waals surface area contributed by atoms with Gasteiger partial charge in [-0.25, -0.2) is 9.97 Å². The quantitative estimate of drug-likeness (QED) is 0.705. The highest BCUT2D eigenvalue weighted by Gasteiger charge is 2.05. The highest BCUT2D eigenvalue weighted by molar-refractivity contribution is 6.67. The lowest BCUT2D eigenvalue weighted by Gasteiger charge is -1.96. The number of nitrogens with zero attached hydrogens (tertiary/aromatic N) is 2. The maximum absolute atomic E-state index is 10.7. The van der Waals surface area contributed by atoms with E-state index in [1.165, 1.54) is 0 Å². The molecule has 0 saturated heterocycles. The third-order valence-corrected chi connectivity index (χ3v) is 1.83. The van der Waals surface area contributed by atoms with Crippen molar-refractivity contribution in [2.24, 2.45) is 0 Å². The molecule has 2 aromatic rings. The summed E-state index contributed by atoms with van der Waals surface area (Å²) in [6.07, 6.45) is 1.58. The van der Waals surface area contributed by atoms with Crippen LogP contribution >= 0.6 is 24.0 Å². The van der Waals surface area contributed by atoms with E-state index in [1.54, 1.807) is 12.3 Å². The van der Waals surface area contributed by atoms with Crippen LogP contribution < -0.4 is 0 Å². The molecule has 5 heteroatoms. The Morgan fingerprint density at radius 3 is 2.71 bits per heavy atom. The topological polar surface area (TPSA) is 42.9 Å². The number of benzene rings is 1. The molecule has 1 aromatic carbocycles. The summed E-state index contributed by atoms with van der Waals surface area (Å²) < 4.78 is 0. The van der Waals surface area contributed by atoms with Crippen molar-refractivity contribution in [1.82, 2.24) is 9.97 Å². The van der Waals surface area contributed by atoms with Crippen molar-refractivity contribution in [2.75, 3.05) is 0 Å². The monoisotopic (exact) mass is 228 g/mol. The molecule has 72 valence electrons. The molecule has 0 radical (unpaired) electrons. The molecular weight excluding hydrogens is 223 g/mol. The molecule has 0 aliphatic carbocycles. The number of carbonyl (C=O) groups is 1. The first kappa shape index (κ1) is 10.9. The summed E-state index contributed by atoms with van der Waals surface area (Å²) in [6, 6.07) is 7.41. The van der Waals surface area contributed by atoms with Gasteiger partial charge in [0.05, 0.1) is 5.52 Å². The van der Waals surface area contributed by atoms with Crippen LogP contribution in [-0.4, -0.2) is 15.2 Å². The molecule has 0 N–H and O–H groups in total. The van der Waals surface area contributed by atoms with Crippen molar-refractivity contribution in [1.29, 1.82) is 0 Å². The van der Waals surface area contributed by atoms with Crippen LogP contribution in [0.4, 0.5) is 0 Å². The third-order valence-electron chi connectivity index (χ3n) is 1.66. The zero-order valence-electron chi connectivity index (χ0n) is 6.98. The van der Waals surface area contributed by atoms with E-state index >= 15 is 0 Å². The van der Waals surface area contributed by atoms with Gasteiger partial charge in [0.15, 0.2) is 0 Å². The summed E-state index contributed by atoms with van der Waals surface area (Å²) in [5.74, 6) is 0.0420. The van der Waals surface area contributed by atoms with E-state index in [0.717, 1.165) is 10.9 Å². The number of hydrogen-bond donors (Lipinski definition) is 0. The van der Waals surface area contributed by atoms with E-state index < -0.39 is 5.24 Å². The van der Waals surface area contributed by atoms with Gasteiger partial charge in [-0.05, 0) is 17.7 Å². The van der Waals surface area contributed by atoms with Crippen LogP contribution in [0.3, 0.4) is 0 Å². The van der Waals surface area contributed by atoms with Gasteiger partial charge in [-0.3, -0.25) is 4.79 Å². The maximum atomic E-state index is 10.7. The normalized spacial score (nSPS) is 9.50. The lowest BCUT2D eigenvalue weighted by atomic mass is 10.2. The van der Waals surface area contributed by atoms with E-state index in [0.29, 0.717) is 0 Å². The number of carbonyl (C=O) groups excluding carboxylic acids is 1. The van der Waals surface area contributed by atoms with Crippen molar-refractivity contribution >= 4 is 40.2 Å². The third kappa shape index (κ3) is 2.00. The molecule has 1 heterocycles. The van der Waals surface area contributed by atoms with Crippen molar-refractivity contribution < 1.29 is 4.79 Å². The van der Waals surface area contributed by atoms with Crippen molar-refractivity contribution in [3.05, 3.63) is 36.3 Å². The van der Waals surface area contributed by atoms with E-state index in [2.05, 4.69) is 9.97 Å². The summed E-state index contributed by atoms with van der Waals surface area (Å²) in [5, 5.41) is 0.259. The van der Waals surface area contributed by atoms with Crippen LogP contribution in [-0.2, 0) is 0 Å². The number of para-hydroxylation sites is 1. The first-order valence-corrected chi connectivity index (χ1v) is 4.07. The van der Waals surface area contributed by atoms with Gasteiger partial charge < -0.3 is 0 Å². The van der Waals surface area contributed by atoms with Crippen LogP contribution in [0.15, 0.2) is 30.5 Å². The van der Waals surface area contributed by atoms with Gasteiger partial charge in [-0.2, -0.15) is 0 Å². The number of aromatic nitrogens is 2. The van der Waals surface area contributed by atoms with Crippen LogP contribution in [0.1, 0.15) is 10.6 Å². The molecule has 0 amide bonds. The van der Waals surface area contributed by atoms with Crippen molar-refractivity contribution in [2.45, 2.75) is 0 Å². The molecule has 0 unspecified atom stereocenters. The van der Waals surface area contributed by atoms with E-state index in [4.69, 9.17) is 11.6 Å². The second kappa shape index (κ2) is 4.35. The Hall–Kier alpha value is -1.19. The molecule has 0 fully saturated rings. The summed E-state index contributed by atoms with van der Waals surface area (Å²) >= 11 is 5.24. The minimum absolute atomic E-state index is 0. The Kier molecular flexibility index (Phi) is 3.38. The summed E-state index contributed by atoms with van der Waals surface area (Å²) in [5.41, 5.74) is 0.724. The zero-order valence-corrected chi connectivity index (χ0v) is 8.55. The molecule has 0 aliphatic rings. The summed E-state index contributed by atoms with van der Waals surface area (Å²) in [6.45, 7) is 0. The molecule has 0 aliphatic heterocycles. The Balaban J connectivity index is 0.000000980. The molecule has 14 heavy (non-hydrogen) atoms. The van der Waals surface area contributed by atoms with E-state index in [-0.39, 0.29) is 18.2 Å². The molecule has 0 atom stereocenters. The number of halogens is 2. The Labute approximate surface area is 91.5 Å². The second-order valence-corrected chi connectivity index (χ2v) is 2.87. The predicted molar refractivity (Wildman–Crippen MR) is 57.0 cm³/mol. The van der Waals surface area contributed by atoms with E-state index in [1.807, 2.05) is 18.2 Å². The van der Waals surface area contributed by atoms with Gasteiger partial charge in [-0.1, -0.05) is 18.2 Å². The fraction of sp³-hybridized carbons (Fsp3) is 0. The van der Waals surface area contributed by atoms with Gasteiger partial charge in [0.25, 0.3) is 5.24 Å². The molecule has 3 nitrogen and oxygen atoms in total. The zero-order chi connectivity index (χ0) is 9.26. The Bertz CT molecular complexity index is 473. The summed E-state index contributed by atoms with van der Waals surface area (Å²) in [7, 11) is 0. The molecule has 1 aromatic heterocycles. The average molecular weight is 229 g/mol. The van der Waals surface area contributed by atoms with Crippen molar-refractivity contribution in [3.8, 4) is 0 Å². The van der Waals surface area contributed by atoms with Crippen LogP contribution in [0, 0.1) is 0 Å². The Morgan fingerprint density at radius 2 is 2.00 bits per heavy atom. The SMILES string of the molecule is Cl.O=C(Cl)c1ncc2ccccc2n1. The lowest BCUT2D eigenvalue weighted by Crippen LogP contribution is -1.97. The van der Waals surface area contributed by atoms with Gasteiger partial charge in [0.1, 0.15) is 0 Å². The lowest BCUT2D eigenvalue weighted by molar-refractivity contribution is 0.107. The van der Waals surface area contributed by atoms with Crippen LogP contribution in [0.2, 0.25) is 0 Å². The number of hydrogen-bond acceptors (Lipinski definition) is 3. The summed E-state index contributed by atoms with van der Waals surface area (Å²) in [4.78, 5) is 18.5. The largest absolute Gasteiger partial charge is 0.289 e. The van der Waals surface area contributed by atoms with Gasteiger partial charge in [-0.15, -0.1) is 12.4 Å². The van der Waals surface area contributed by atoms with Gasteiger partial charge in [0.2, 0.25) is 5.82 Å². The molecule has 2 rings (SSSR count). The first-order valence-electron chi connectivity index (χ1n) is 3.69. The fourth-order valence-corrected chi connectivity index (χ4v) is 1.16. The predicted octanol–water partition coefficient (Wildman–Crippen LogP) is 2.43. The molecule has 0 saturated carbocycles. The second-order valence-electron chi connectivity index (χ2n) is 2.53. The van der Waals surface area contributed by atoms with E-state index in [9.17, 15) is 4.79 Å². The van der Waals surface area contributed by atoms with Crippen molar-refractivity contribution in [3.63, 3.8) is 0 Å². The standard InChI is InChI=1S/C9H5ClN2O.ClH/c10-8(13)9-11-5-6-3-1-2-4-7(6)12-9;/h1-5H;1H. The van der Waals surface area contributed by atoms with Crippen LogP contribution in [0.25, 0.3) is 10.9 Å². The first-order chi connectivity index (χ1) is 6.27. The highest BCUT2D eigenvalue weighted by atomic mass is 35.5. The van der Waals surface area contributed by atoms with Gasteiger partial charge in [0, 0.05) is 11.6 Å². The maximum Gasteiger partial charge on any atom is 0.289 e. The molecular formula is C9H6Cl2N2O.